The molecule has 0 radical (unpaired) electrons. The summed E-state index contributed by atoms with van der Waals surface area (Å²) in [6.07, 6.45) is 4.89. The highest BCUT2D eigenvalue weighted by Gasteiger charge is 2.18. The predicted molar refractivity (Wildman–Crippen MR) is 218 cm³/mol. The number of carbonyl (C=O) groups excluding carboxylic acids is 1. The number of fused-ring (bicyclic) bond motifs is 2. The Morgan fingerprint density at radius 3 is 1.95 bits per heavy atom. The van der Waals surface area contributed by atoms with Gasteiger partial charge >= 0.3 is 0 Å². The number of ether oxygens (including phenoxy) is 8. The highest BCUT2D eigenvalue weighted by atomic mass is 16.6. The number of phenolic OH excluding ortho intramolecular Hbond substituents is 1. The molecule has 0 fully saturated rings. The molecule has 5 rings (SSSR count). The number of hydrogen-bond donors (Lipinski definition) is 5. The minimum absolute atomic E-state index is 0.0719. The van der Waals surface area contributed by atoms with E-state index in [0.717, 1.165) is 29.4 Å². The van der Waals surface area contributed by atoms with Crippen molar-refractivity contribution in [3.63, 3.8) is 0 Å². The second-order valence-corrected chi connectivity index (χ2v) is 13.3. The maximum absolute atomic E-state index is 12.3. The number of unbranched alkanes of at least 4 members (excludes halogenated alkanes) is 1. The molecule has 6 N–H and O–H groups in total. The lowest BCUT2D eigenvalue weighted by atomic mass is 10.2. The van der Waals surface area contributed by atoms with Crippen LogP contribution in [0, 0.1) is 0 Å². The fourth-order valence-electron chi connectivity index (χ4n) is 5.81. The van der Waals surface area contributed by atoms with Crippen LogP contribution in [0.4, 0.5) is 5.82 Å². The zero-order chi connectivity index (χ0) is 42.0. The van der Waals surface area contributed by atoms with Crippen molar-refractivity contribution in [2.45, 2.75) is 39.0 Å². The molecule has 1 amide bonds. The molecule has 1 aromatic carbocycles. The number of nitrogens with two attached hydrogens (primary N) is 1. The Morgan fingerprint density at radius 2 is 1.35 bits per heavy atom. The van der Waals surface area contributed by atoms with Crippen LogP contribution in [0.1, 0.15) is 25.0 Å². The van der Waals surface area contributed by atoms with Gasteiger partial charge < -0.3 is 64.1 Å². The van der Waals surface area contributed by atoms with Gasteiger partial charge in [-0.3, -0.25) is 4.79 Å². The van der Waals surface area contributed by atoms with E-state index in [-0.39, 0.29) is 24.7 Å². The zero-order valence-electron chi connectivity index (χ0n) is 34.0. The molecule has 4 heterocycles. The molecule has 0 bridgehead atoms. The van der Waals surface area contributed by atoms with Crippen LogP contribution in [-0.2, 0) is 62.4 Å². The minimum Gasteiger partial charge on any atom is -0.508 e. The number of aliphatic hydroxyl groups is 1. The molecular weight excluding hydrogens is 784 g/mol. The monoisotopic (exact) mass is 842 g/mol. The predicted octanol–water partition coefficient (Wildman–Crippen LogP) is 1.47. The smallest absolute Gasteiger partial charge is 0.222 e. The molecule has 21 nitrogen and oxygen atoms in total. The third-order valence-corrected chi connectivity index (χ3v) is 8.83. The molecule has 0 saturated carbocycles. The first-order chi connectivity index (χ1) is 29.5. The molecule has 0 atom stereocenters. The average Bonchev–Trinajstić information content (AvgIpc) is 3.99. The van der Waals surface area contributed by atoms with Crippen LogP contribution in [0.5, 0.6) is 5.75 Å². The number of carbonyl (C=O) groups is 1. The normalized spacial score (nSPS) is 11.7. The van der Waals surface area contributed by atoms with E-state index in [0.29, 0.717) is 154 Å². The van der Waals surface area contributed by atoms with E-state index in [2.05, 4.69) is 30.6 Å². The van der Waals surface area contributed by atoms with Gasteiger partial charge in [0.1, 0.15) is 29.3 Å². The van der Waals surface area contributed by atoms with Gasteiger partial charge in [-0.15, -0.1) is 5.10 Å². The number of benzene rings is 1. The standard InChI is InChI=1S/C39H58N10O11/c40-38-36-37(34-26-30-25-32(51)3-4-33(30)44-34)46-49(39(36)43-29-42-38)7-2-1-6-41-35(52)5-9-53-11-13-55-15-17-57-19-21-59-23-24-60-22-20-58-18-16-56-14-12-54-10-8-48-27-31(28-50)45-47-48/h3-4,25-27,29,44,50-51H,1-2,5-24,28H2,(H,41,52)(H2,40,42,43). The molecule has 0 aliphatic rings. The second-order valence-electron chi connectivity index (χ2n) is 13.3. The lowest BCUT2D eigenvalue weighted by Crippen LogP contribution is -2.26. The second kappa shape index (κ2) is 27.1. The molecular formula is C39H58N10O11. The van der Waals surface area contributed by atoms with Gasteiger partial charge in [0.25, 0.3) is 0 Å². The fourth-order valence-corrected chi connectivity index (χ4v) is 5.81. The largest absolute Gasteiger partial charge is 0.508 e. The number of aryl methyl sites for hydroxylation is 1. The number of nitrogens with zero attached hydrogens (tertiary/aromatic N) is 7. The van der Waals surface area contributed by atoms with Crippen LogP contribution in [0.15, 0.2) is 36.8 Å². The Kier molecular flexibility index (Phi) is 20.9. The van der Waals surface area contributed by atoms with Crippen LogP contribution in [0.2, 0.25) is 0 Å². The van der Waals surface area contributed by atoms with Crippen molar-refractivity contribution in [2.24, 2.45) is 0 Å². The SMILES string of the molecule is Nc1ncnc2c1c(-c1cc3cc(O)ccc3[nH]1)nn2CCCCNC(=O)CCOCCOCCOCCOCCOCCOCCOCCOCCn1cc(CO)nn1. The van der Waals surface area contributed by atoms with Crippen molar-refractivity contribution < 1.29 is 52.9 Å². The first-order valence-corrected chi connectivity index (χ1v) is 20.2. The van der Waals surface area contributed by atoms with Crippen molar-refractivity contribution in [1.29, 1.82) is 0 Å². The Hall–Kier alpha value is -4.84. The number of phenols is 1. The van der Waals surface area contributed by atoms with Crippen molar-refractivity contribution in [3.8, 4) is 17.1 Å². The van der Waals surface area contributed by atoms with Crippen LogP contribution < -0.4 is 11.1 Å². The molecule has 0 aliphatic carbocycles. The third-order valence-electron chi connectivity index (χ3n) is 8.83. The first-order valence-electron chi connectivity index (χ1n) is 20.2. The number of nitrogen functional groups attached to an aromatic ring is 1. The highest BCUT2D eigenvalue weighted by Crippen LogP contribution is 2.32. The molecule has 0 unspecified atom stereocenters. The number of aromatic nitrogens is 8. The van der Waals surface area contributed by atoms with Gasteiger partial charge in [-0.2, -0.15) is 5.10 Å². The van der Waals surface area contributed by atoms with Gasteiger partial charge in [0.15, 0.2) is 5.65 Å². The Morgan fingerprint density at radius 1 is 0.750 bits per heavy atom. The van der Waals surface area contributed by atoms with Crippen LogP contribution in [-0.4, -0.2) is 168 Å². The summed E-state index contributed by atoms with van der Waals surface area (Å²) in [6, 6.07) is 7.03. The molecule has 4 aromatic heterocycles. The summed E-state index contributed by atoms with van der Waals surface area (Å²) >= 11 is 0. The lowest BCUT2D eigenvalue weighted by molar-refractivity contribution is -0.122. The van der Waals surface area contributed by atoms with E-state index in [1.54, 1.807) is 23.0 Å². The van der Waals surface area contributed by atoms with Crippen molar-refractivity contribution in [1.82, 2.24) is 45.0 Å². The number of amides is 1. The fraction of sp³-hybridized carbons (Fsp3) is 0.590. The van der Waals surface area contributed by atoms with Gasteiger partial charge in [0.2, 0.25) is 5.91 Å². The summed E-state index contributed by atoms with van der Waals surface area (Å²) in [7, 11) is 0. The number of anilines is 1. The molecule has 0 spiro atoms. The quantitative estimate of drug-likeness (QED) is 0.0367. The molecule has 5 aromatic rings. The van der Waals surface area contributed by atoms with Crippen LogP contribution in [0.25, 0.3) is 33.3 Å². The van der Waals surface area contributed by atoms with Crippen LogP contribution in [0.3, 0.4) is 0 Å². The molecule has 60 heavy (non-hydrogen) atoms. The van der Waals surface area contributed by atoms with Gasteiger partial charge in [-0.25, -0.2) is 19.3 Å². The number of nitrogens with one attached hydrogen (secondary N) is 2. The van der Waals surface area contributed by atoms with Gasteiger partial charge in [0, 0.05) is 30.4 Å². The van der Waals surface area contributed by atoms with Gasteiger partial charge in [-0.05, 0) is 37.1 Å². The molecule has 330 valence electrons. The van der Waals surface area contributed by atoms with Crippen LogP contribution >= 0.6 is 0 Å². The van der Waals surface area contributed by atoms with E-state index in [1.807, 2.05) is 16.8 Å². The maximum atomic E-state index is 12.3. The van der Waals surface area contributed by atoms with E-state index < -0.39 is 0 Å². The number of hydrogen-bond acceptors (Lipinski definition) is 17. The highest BCUT2D eigenvalue weighted by molar-refractivity contribution is 6.00. The topological polar surface area (TPSA) is 260 Å². The summed E-state index contributed by atoms with van der Waals surface area (Å²) < 4.78 is 47.4. The van der Waals surface area contributed by atoms with E-state index in [1.165, 1.54) is 6.33 Å². The number of aromatic hydroxyl groups is 1. The van der Waals surface area contributed by atoms with E-state index in [4.69, 9.17) is 53.8 Å². The minimum atomic E-state index is -0.126. The zero-order valence-corrected chi connectivity index (χ0v) is 34.0. The van der Waals surface area contributed by atoms with Crippen molar-refractivity contribution in [2.75, 3.05) is 118 Å². The number of aromatic amines is 1. The summed E-state index contributed by atoms with van der Waals surface area (Å²) in [5.74, 6) is 0.448. The Bertz CT molecular complexity index is 1960. The summed E-state index contributed by atoms with van der Waals surface area (Å²) in [5, 5.41) is 35.8. The Labute approximate surface area is 347 Å². The third kappa shape index (κ3) is 16.3. The summed E-state index contributed by atoms with van der Waals surface area (Å²) in [5.41, 5.74) is 9.66. The van der Waals surface area contributed by atoms with Gasteiger partial charge in [-0.1, -0.05) is 5.21 Å². The summed E-state index contributed by atoms with van der Waals surface area (Å²) in [4.78, 5) is 24.2. The first kappa shape index (κ1) is 46.2. The lowest BCUT2D eigenvalue weighted by Gasteiger charge is -2.09. The van der Waals surface area contributed by atoms with Crippen molar-refractivity contribution >= 4 is 33.7 Å². The Balaban J connectivity index is 0.750. The average molecular weight is 843 g/mol. The van der Waals surface area contributed by atoms with Crippen molar-refractivity contribution in [3.05, 3.63) is 42.5 Å². The number of aliphatic hydroxyl groups excluding tert-OH is 1. The van der Waals surface area contributed by atoms with Gasteiger partial charge in [0.05, 0.1) is 136 Å². The van der Waals surface area contributed by atoms with E-state index >= 15 is 0 Å². The number of rotatable bonds is 34. The van der Waals surface area contributed by atoms with E-state index in [9.17, 15) is 9.90 Å². The molecule has 0 aliphatic heterocycles. The molecule has 0 saturated heterocycles. The summed E-state index contributed by atoms with van der Waals surface area (Å²) in [6.45, 7) is 8.75. The molecule has 21 heteroatoms. The number of H-pyrrole nitrogens is 1. The maximum Gasteiger partial charge on any atom is 0.222 e.